The van der Waals surface area contributed by atoms with Gasteiger partial charge in [-0.25, -0.2) is 22.0 Å². The first-order valence-electron chi connectivity index (χ1n) is 8.53. The molecule has 2 atom stereocenters. The number of amides is 1. The van der Waals surface area contributed by atoms with Gasteiger partial charge in [0, 0.05) is 0 Å². The number of ether oxygens (including phenoxy) is 1. The Hall–Kier alpha value is -2.47. The lowest BCUT2D eigenvalue weighted by atomic mass is 10.1. The Labute approximate surface area is 170 Å². The van der Waals surface area contributed by atoms with Crippen LogP contribution in [0.5, 0.6) is 5.75 Å². The van der Waals surface area contributed by atoms with Gasteiger partial charge in [-0.15, -0.1) is 0 Å². The van der Waals surface area contributed by atoms with Gasteiger partial charge < -0.3 is 10.1 Å². The summed E-state index contributed by atoms with van der Waals surface area (Å²) < 4.78 is 54.8. The zero-order valence-electron chi connectivity index (χ0n) is 16.1. The Balaban J connectivity index is 2.03. The van der Waals surface area contributed by atoms with Gasteiger partial charge in [-0.2, -0.15) is 4.72 Å². The van der Waals surface area contributed by atoms with Crippen LogP contribution in [0.3, 0.4) is 0 Å². The van der Waals surface area contributed by atoms with Crippen LogP contribution in [-0.2, 0) is 24.8 Å². The maximum Gasteiger partial charge on any atom is 0.241 e. The van der Waals surface area contributed by atoms with E-state index in [0.717, 1.165) is 0 Å². The van der Waals surface area contributed by atoms with Crippen LogP contribution >= 0.6 is 0 Å². The molecule has 0 bridgehead atoms. The average Bonchev–Trinajstić information content (AvgIpc) is 2.67. The van der Waals surface area contributed by atoms with Gasteiger partial charge in [0.25, 0.3) is 0 Å². The number of carbonyl (C=O) groups excluding carboxylic acids is 1. The van der Waals surface area contributed by atoms with E-state index in [0.29, 0.717) is 11.3 Å². The van der Waals surface area contributed by atoms with Crippen LogP contribution in [0, 0.1) is 0 Å². The minimum absolute atomic E-state index is 0.00424. The summed E-state index contributed by atoms with van der Waals surface area (Å²) >= 11 is 0. The fourth-order valence-electron chi connectivity index (χ4n) is 2.48. The van der Waals surface area contributed by atoms with Gasteiger partial charge in [-0.3, -0.25) is 4.79 Å². The van der Waals surface area contributed by atoms with Crippen molar-refractivity contribution >= 4 is 26.0 Å². The van der Waals surface area contributed by atoms with Crippen LogP contribution in [-0.4, -0.2) is 35.9 Å². The number of methoxy groups -OCH3 is 1. The smallest absolute Gasteiger partial charge is 0.241 e. The standard InChI is InChI=1S/C18H23N3O6S2/c1-12(14-4-8-16(9-5-14)28(19,23)24)20-18(22)13(2)21-29(25,26)17-10-6-15(27-3)7-11-17/h4-13,21H,1-3H3,(H,20,22)(H2,19,23,24)/t12?,13-/m0/s1. The summed E-state index contributed by atoms with van der Waals surface area (Å²) in [6, 6.07) is 9.97. The first kappa shape index (κ1) is 22.8. The number of benzene rings is 2. The number of hydrogen-bond acceptors (Lipinski definition) is 6. The Morgan fingerprint density at radius 1 is 0.931 bits per heavy atom. The molecular formula is C18H23N3O6S2. The van der Waals surface area contributed by atoms with Gasteiger partial charge in [0.2, 0.25) is 26.0 Å². The van der Waals surface area contributed by atoms with E-state index in [1.165, 1.54) is 62.6 Å². The SMILES string of the molecule is COc1ccc(S(=O)(=O)N[C@@H](C)C(=O)NC(C)c2ccc(S(N)(=O)=O)cc2)cc1. The van der Waals surface area contributed by atoms with Crippen molar-refractivity contribution in [3.63, 3.8) is 0 Å². The molecule has 2 rings (SSSR count). The number of rotatable bonds is 8. The highest BCUT2D eigenvalue weighted by atomic mass is 32.2. The lowest BCUT2D eigenvalue weighted by molar-refractivity contribution is -0.123. The summed E-state index contributed by atoms with van der Waals surface area (Å²) in [5, 5.41) is 7.74. The molecule has 29 heavy (non-hydrogen) atoms. The van der Waals surface area contributed by atoms with Crippen molar-refractivity contribution in [3.05, 3.63) is 54.1 Å². The Kier molecular flexibility index (Phi) is 7.01. The molecule has 0 fully saturated rings. The van der Waals surface area contributed by atoms with Gasteiger partial charge in [0.15, 0.2) is 0 Å². The first-order chi connectivity index (χ1) is 13.4. The lowest BCUT2D eigenvalue weighted by Crippen LogP contribution is -2.45. The van der Waals surface area contributed by atoms with Gasteiger partial charge >= 0.3 is 0 Å². The van der Waals surface area contributed by atoms with E-state index in [2.05, 4.69) is 10.0 Å². The van der Waals surface area contributed by atoms with E-state index >= 15 is 0 Å². The largest absolute Gasteiger partial charge is 0.497 e. The molecule has 2 aromatic carbocycles. The summed E-state index contributed by atoms with van der Waals surface area (Å²) in [6.45, 7) is 3.11. The maximum absolute atomic E-state index is 12.4. The molecule has 0 saturated carbocycles. The van der Waals surface area contributed by atoms with E-state index in [1.54, 1.807) is 6.92 Å². The van der Waals surface area contributed by atoms with Crippen LogP contribution in [0.15, 0.2) is 58.3 Å². The topological polar surface area (TPSA) is 145 Å². The minimum Gasteiger partial charge on any atom is -0.497 e. The molecule has 1 unspecified atom stereocenters. The first-order valence-corrected chi connectivity index (χ1v) is 11.6. The van der Waals surface area contributed by atoms with Crippen molar-refractivity contribution in [2.45, 2.75) is 35.7 Å². The summed E-state index contributed by atoms with van der Waals surface area (Å²) in [4.78, 5) is 12.4. The maximum atomic E-state index is 12.4. The summed E-state index contributed by atoms with van der Waals surface area (Å²) in [5.41, 5.74) is 0.635. The Morgan fingerprint density at radius 3 is 1.93 bits per heavy atom. The summed E-state index contributed by atoms with van der Waals surface area (Å²) in [6.07, 6.45) is 0. The molecule has 0 saturated heterocycles. The second kappa shape index (κ2) is 8.91. The van der Waals surface area contributed by atoms with Crippen LogP contribution in [0.25, 0.3) is 0 Å². The highest BCUT2D eigenvalue weighted by Crippen LogP contribution is 2.17. The fourth-order valence-corrected chi connectivity index (χ4v) is 4.20. The molecule has 4 N–H and O–H groups in total. The number of primary sulfonamides is 1. The molecule has 0 radical (unpaired) electrons. The molecule has 158 valence electrons. The van der Waals surface area contributed by atoms with Crippen LogP contribution < -0.4 is 19.9 Å². The van der Waals surface area contributed by atoms with Crippen LogP contribution in [0.4, 0.5) is 0 Å². The third kappa shape index (κ3) is 6.00. The average molecular weight is 442 g/mol. The highest BCUT2D eigenvalue weighted by molar-refractivity contribution is 7.89. The predicted molar refractivity (Wildman–Crippen MR) is 107 cm³/mol. The molecule has 0 heterocycles. The van der Waals surface area contributed by atoms with Gasteiger partial charge in [-0.05, 0) is 55.8 Å². The highest BCUT2D eigenvalue weighted by Gasteiger charge is 2.23. The van der Waals surface area contributed by atoms with Crippen molar-refractivity contribution < 1.29 is 26.4 Å². The normalized spacial score (nSPS) is 14.1. The van der Waals surface area contributed by atoms with Gasteiger partial charge in [0.1, 0.15) is 5.75 Å². The number of hydrogen-bond donors (Lipinski definition) is 3. The van der Waals surface area contributed by atoms with Crippen molar-refractivity contribution in [3.8, 4) is 5.75 Å². The van der Waals surface area contributed by atoms with E-state index in [9.17, 15) is 21.6 Å². The zero-order chi connectivity index (χ0) is 21.8. The third-order valence-corrected chi connectivity index (χ3v) is 6.65. The molecular weight excluding hydrogens is 418 g/mol. The Morgan fingerprint density at radius 2 is 1.45 bits per heavy atom. The zero-order valence-corrected chi connectivity index (χ0v) is 17.7. The molecule has 1 amide bonds. The van der Waals surface area contributed by atoms with Gasteiger partial charge in [-0.1, -0.05) is 12.1 Å². The molecule has 0 aromatic heterocycles. The number of nitrogens with two attached hydrogens (primary N) is 1. The molecule has 9 nitrogen and oxygen atoms in total. The van der Waals surface area contributed by atoms with Gasteiger partial charge in [0.05, 0.1) is 29.0 Å². The van der Waals surface area contributed by atoms with Crippen molar-refractivity contribution in [1.82, 2.24) is 10.0 Å². The summed E-state index contributed by atoms with van der Waals surface area (Å²) in [7, 11) is -6.23. The van der Waals surface area contributed by atoms with E-state index < -0.39 is 38.0 Å². The molecule has 2 aromatic rings. The third-order valence-electron chi connectivity index (χ3n) is 4.16. The predicted octanol–water partition coefficient (Wildman–Crippen LogP) is 0.887. The molecule has 0 aliphatic carbocycles. The Bertz CT molecular complexity index is 1070. The van der Waals surface area contributed by atoms with Crippen molar-refractivity contribution in [2.75, 3.05) is 7.11 Å². The van der Waals surface area contributed by atoms with Crippen LogP contribution in [0.2, 0.25) is 0 Å². The van der Waals surface area contributed by atoms with E-state index in [4.69, 9.17) is 9.88 Å². The fraction of sp³-hybridized carbons (Fsp3) is 0.278. The molecule has 0 spiro atoms. The minimum atomic E-state index is -3.90. The van der Waals surface area contributed by atoms with Crippen molar-refractivity contribution in [2.24, 2.45) is 5.14 Å². The second-order valence-electron chi connectivity index (χ2n) is 6.36. The molecule has 0 aliphatic heterocycles. The second-order valence-corrected chi connectivity index (χ2v) is 9.64. The van der Waals surface area contributed by atoms with E-state index in [-0.39, 0.29) is 9.79 Å². The van der Waals surface area contributed by atoms with E-state index in [1.807, 2.05) is 0 Å². The number of sulfonamides is 2. The molecule has 0 aliphatic rings. The number of nitrogens with one attached hydrogen (secondary N) is 2. The summed E-state index contributed by atoms with van der Waals surface area (Å²) in [5.74, 6) is -0.0258. The molecule has 11 heteroatoms. The van der Waals surface area contributed by atoms with Crippen LogP contribution in [0.1, 0.15) is 25.5 Å². The van der Waals surface area contributed by atoms with Crippen molar-refractivity contribution in [1.29, 1.82) is 0 Å². The number of carbonyl (C=O) groups is 1. The monoisotopic (exact) mass is 441 g/mol. The quantitative estimate of drug-likeness (QED) is 0.555. The lowest BCUT2D eigenvalue weighted by Gasteiger charge is -2.19.